The molecular weight excluding hydrogens is 152 g/mol. The van der Waals surface area contributed by atoms with E-state index in [0.717, 1.165) is 5.57 Å². The maximum Gasteiger partial charge on any atom is 0.244 e. The zero-order valence-corrected chi connectivity index (χ0v) is 6.11. The molecule has 0 unspecified atom stereocenters. The van der Waals surface area contributed by atoms with Crippen molar-refractivity contribution in [3.05, 3.63) is 22.8 Å². The zero-order chi connectivity index (χ0) is 7.72. The molecule has 10 heavy (non-hydrogen) atoms. The standard InChI is InChI=1S/C7H5ClO2/c1-4-2-5(8)7(10)6(9)3-4/h2-3H,1H3. The van der Waals surface area contributed by atoms with Crippen molar-refractivity contribution >= 4 is 23.2 Å². The molecule has 1 aliphatic carbocycles. The Balaban J connectivity index is 3.07. The average Bonchev–Trinajstić information content (AvgIpc) is 1.82. The van der Waals surface area contributed by atoms with E-state index in [1.807, 2.05) is 0 Å². The first kappa shape index (κ1) is 7.22. The molecule has 0 fully saturated rings. The fraction of sp³-hybridized carbons (Fsp3) is 0.143. The Bertz CT molecular complexity index is 258. The van der Waals surface area contributed by atoms with Crippen LogP contribution in [-0.4, -0.2) is 11.6 Å². The molecule has 52 valence electrons. The smallest absolute Gasteiger partial charge is 0.244 e. The molecule has 0 bridgehead atoms. The van der Waals surface area contributed by atoms with Gasteiger partial charge in [-0.05, 0) is 24.6 Å². The van der Waals surface area contributed by atoms with Crippen LogP contribution in [0.25, 0.3) is 0 Å². The van der Waals surface area contributed by atoms with E-state index in [4.69, 9.17) is 11.6 Å². The third-order valence-corrected chi connectivity index (χ3v) is 1.43. The Morgan fingerprint density at radius 2 is 1.90 bits per heavy atom. The van der Waals surface area contributed by atoms with Crippen molar-refractivity contribution < 1.29 is 9.59 Å². The van der Waals surface area contributed by atoms with E-state index in [9.17, 15) is 9.59 Å². The summed E-state index contributed by atoms with van der Waals surface area (Å²) in [7, 11) is 0. The average molecular weight is 157 g/mol. The van der Waals surface area contributed by atoms with Gasteiger partial charge in [0.1, 0.15) is 0 Å². The second kappa shape index (κ2) is 2.39. The van der Waals surface area contributed by atoms with Crippen LogP contribution in [0.15, 0.2) is 22.8 Å². The van der Waals surface area contributed by atoms with E-state index >= 15 is 0 Å². The van der Waals surface area contributed by atoms with Crippen LogP contribution in [-0.2, 0) is 9.59 Å². The Labute approximate surface area is 63.2 Å². The molecule has 0 aliphatic heterocycles. The molecule has 0 amide bonds. The number of hydrogen-bond acceptors (Lipinski definition) is 2. The van der Waals surface area contributed by atoms with E-state index in [-0.39, 0.29) is 5.03 Å². The van der Waals surface area contributed by atoms with Crippen molar-refractivity contribution in [1.29, 1.82) is 0 Å². The van der Waals surface area contributed by atoms with Gasteiger partial charge in [-0.15, -0.1) is 0 Å². The normalized spacial score (nSPS) is 18.6. The number of halogens is 1. The summed E-state index contributed by atoms with van der Waals surface area (Å²) in [6, 6.07) is 0. The second-order valence-corrected chi connectivity index (χ2v) is 2.48. The Hall–Kier alpha value is -0.890. The van der Waals surface area contributed by atoms with Gasteiger partial charge in [-0.25, -0.2) is 0 Å². The molecule has 0 aromatic rings. The van der Waals surface area contributed by atoms with Gasteiger partial charge in [-0.1, -0.05) is 11.6 Å². The zero-order valence-electron chi connectivity index (χ0n) is 5.35. The molecule has 3 heteroatoms. The van der Waals surface area contributed by atoms with Crippen molar-refractivity contribution in [3.8, 4) is 0 Å². The predicted molar refractivity (Wildman–Crippen MR) is 37.7 cm³/mol. The molecule has 0 saturated carbocycles. The fourth-order valence-electron chi connectivity index (χ4n) is 0.697. The van der Waals surface area contributed by atoms with E-state index in [0.29, 0.717) is 0 Å². The summed E-state index contributed by atoms with van der Waals surface area (Å²) < 4.78 is 0. The summed E-state index contributed by atoms with van der Waals surface area (Å²) in [5.41, 5.74) is 0.717. The molecular formula is C7H5ClO2. The SMILES string of the molecule is CC1=CC(=O)C(=O)C(Cl)=C1. The van der Waals surface area contributed by atoms with E-state index in [2.05, 4.69) is 0 Å². The number of carbonyl (C=O) groups is 2. The molecule has 0 heterocycles. The van der Waals surface area contributed by atoms with Gasteiger partial charge in [0.2, 0.25) is 11.6 Å². The third-order valence-electron chi connectivity index (χ3n) is 1.15. The Morgan fingerprint density at radius 3 is 2.40 bits per heavy atom. The van der Waals surface area contributed by atoms with E-state index in [1.54, 1.807) is 6.92 Å². The minimum Gasteiger partial charge on any atom is -0.286 e. The molecule has 0 aromatic carbocycles. The van der Waals surface area contributed by atoms with Crippen LogP contribution < -0.4 is 0 Å². The van der Waals surface area contributed by atoms with Crippen molar-refractivity contribution in [2.75, 3.05) is 0 Å². The number of Topliss-reactive ketones (excluding diaryl/α,β-unsaturated/α-hetero) is 1. The van der Waals surface area contributed by atoms with Gasteiger partial charge in [0.15, 0.2) is 0 Å². The first-order valence-electron chi connectivity index (χ1n) is 2.75. The highest BCUT2D eigenvalue weighted by molar-refractivity contribution is 6.60. The van der Waals surface area contributed by atoms with Gasteiger partial charge in [-0.3, -0.25) is 9.59 Å². The summed E-state index contributed by atoms with van der Waals surface area (Å²) in [6.07, 6.45) is 2.75. The monoisotopic (exact) mass is 156 g/mol. The molecule has 0 spiro atoms. The maximum atomic E-state index is 10.7. The maximum absolute atomic E-state index is 10.7. The fourth-order valence-corrected chi connectivity index (χ4v) is 0.962. The summed E-state index contributed by atoms with van der Waals surface area (Å²) in [5.74, 6) is -1.16. The second-order valence-electron chi connectivity index (χ2n) is 2.07. The lowest BCUT2D eigenvalue weighted by Crippen LogP contribution is -2.14. The number of carbonyl (C=O) groups excluding carboxylic acids is 2. The Kier molecular flexibility index (Phi) is 1.72. The highest BCUT2D eigenvalue weighted by Crippen LogP contribution is 2.13. The minimum atomic E-state index is -0.618. The van der Waals surface area contributed by atoms with Crippen molar-refractivity contribution in [1.82, 2.24) is 0 Å². The number of ketones is 2. The number of allylic oxidation sites excluding steroid dienone is 4. The first-order chi connectivity index (χ1) is 4.61. The number of rotatable bonds is 0. The van der Waals surface area contributed by atoms with Crippen LogP contribution in [0, 0.1) is 0 Å². The molecule has 0 saturated heterocycles. The summed E-state index contributed by atoms with van der Waals surface area (Å²) in [6.45, 7) is 1.72. The highest BCUT2D eigenvalue weighted by Gasteiger charge is 2.18. The lowest BCUT2D eigenvalue weighted by molar-refractivity contribution is -0.131. The Morgan fingerprint density at radius 1 is 1.30 bits per heavy atom. The molecule has 0 atom stereocenters. The topological polar surface area (TPSA) is 34.1 Å². The van der Waals surface area contributed by atoms with Crippen LogP contribution in [0.2, 0.25) is 0 Å². The lowest BCUT2D eigenvalue weighted by Gasteiger charge is -2.01. The lowest BCUT2D eigenvalue weighted by atomic mass is 10.1. The van der Waals surface area contributed by atoms with Crippen molar-refractivity contribution in [3.63, 3.8) is 0 Å². The van der Waals surface area contributed by atoms with E-state index in [1.165, 1.54) is 12.2 Å². The van der Waals surface area contributed by atoms with Crippen LogP contribution in [0.4, 0.5) is 0 Å². The summed E-state index contributed by atoms with van der Waals surface area (Å²) in [4.78, 5) is 21.3. The van der Waals surface area contributed by atoms with Crippen LogP contribution in [0.5, 0.6) is 0 Å². The van der Waals surface area contributed by atoms with Gasteiger partial charge in [0, 0.05) is 0 Å². The predicted octanol–water partition coefficient (Wildman–Crippen LogP) is 1.21. The number of hydrogen-bond donors (Lipinski definition) is 0. The van der Waals surface area contributed by atoms with Crippen LogP contribution >= 0.6 is 11.6 Å². The quantitative estimate of drug-likeness (QED) is 0.390. The molecule has 2 nitrogen and oxygen atoms in total. The molecule has 0 N–H and O–H groups in total. The molecule has 1 rings (SSSR count). The minimum absolute atomic E-state index is 0.00463. The van der Waals surface area contributed by atoms with Gasteiger partial charge < -0.3 is 0 Å². The highest BCUT2D eigenvalue weighted by atomic mass is 35.5. The molecule has 0 radical (unpaired) electrons. The van der Waals surface area contributed by atoms with Crippen molar-refractivity contribution in [2.24, 2.45) is 0 Å². The van der Waals surface area contributed by atoms with Gasteiger partial charge in [-0.2, -0.15) is 0 Å². The third kappa shape index (κ3) is 1.16. The van der Waals surface area contributed by atoms with Crippen molar-refractivity contribution in [2.45, 2.75) is 6.92 Å². The first-order valence-corrected chi connectivity index (χ1v) is 3.13. The summed E-state index contributed by atoms with van der Waals surface area (Å²) >= 11 is 5.41. The molecule has 0 aromatic heterocycles. The van der Waals surface area contributed by atoms with Crippen LogP contribution in [0.1, 0.15) is 6.92 Å². The van der Waals surface area contributed by atoms with Crippen LogP contribution in [0.3, 0.4) is 0 Å². The summed E-state index contributed by atoms with van der Waals surface area (Å²) in [5, 5.41) is 0.00463. The van der Waals surface area contributed by atoms with Gasteiger partial charge in [0.05, 0.1) is 5.03 Å². The van der Waals surface area contributed by atoms with E-state index < -0.39 is 11.6 Å². The largest absolute Gasteiger partial charge is 0.286 e. The van der Waals surface area contributed by atoms with Gasteiger partial charge in [0.25, 0.3) is 0 Å². The molecule has 1 aliphatic rings. The van der Waals surface area contributed by atoms with Gasteiger partial charge >= 0.3 is 0 Å².